The summed E-state index contributed by atoms with van der Waals surface area (Å²) in [6, 6.07) is 5.20. The topological polar surface area (TPSA) is 52.5 Å². The third kappa shape index (κ3) is 4.72. The summed E-state index contributed by atoms with van der Waals surface area (Å²) in [7, 11) is 0. The predicted octanol–water partition coefficient (Wildman–Crippen LogP) is 1.40. The molecule has 0 saturated carbocycles. The molecule has 4 heteroatoms. The van der Waals surface area contributed by atoms with Crippen LogP contribution in [0.2, 0.25) is 0 Å². The van der Waals surface area contributed by atoms with Crippen LogP contribution in [0.3, 0.4) is 0 Å². The van der Waals surface area contributed by atoms with Crippen molar-refractivity contribution in [3.05, 3.63) is 35.1 Å². The van der Waals surface area contributed by atoms with Crippen molar-refractivity contribution in [1.29, 1.82) is 0 Å². The van der Waals surface area contributed by atoms with Crippen LogP contribution in [0, 0.1) is 12.7 Å². The van der Waals surface area contributed by atoms with Crippen LogP contribution in [-0.2, 0) is 6.42 Å². The van der Waals surface area contributed by atoms with E-state index in [0.717, 1.165) is 5.56 Å². The summed E-state index contributed by atoms with van der Waals surface area (Å²) in [6.07, 6.45) is -0.260. The molecule has 0 unspecified atom stereocenters. The van der Waals surface area contributed by atoms with Gasteiger partial charge in [-0.15, -0.1) is 0 Å². The van der Waals surface area contributed by atoms with Gasteiger partial charge in [0.15, 0.2) is 0 Å². The Morgan fingerprint density at radius 3 is 2.61 bits per heavy atom. The summed E-state index contributed by atoms with van der Waals surface area (Å²) in [5.41, 5.74) is 1.21. The number of hydrogen-bond donors (Lipinski definition) is 3. The molecule has 0 aromatic heterocycles. The molecule has 0 aliphatic rings. The maximum atomic E-state index is 13.7. The van der Waals surface area contributed by atoms with E-state index in [1.54, 1.807) is 6.07 Å². The van der Waals surface area contributed by atoms with Crippen LogP contribution in [0.25, 0.3) is 0 Å². The minimum atomic E-state index is -0.785. The van der Waals surface area contributed by atoms with Crippen molar-refractivity contribution in [2.24, 2.45) is 0 Å². The lowest BCUT2D eigenvalue weighted by Gasteiger charge is -2.28. The first-order valence-corrected chi connectivity index (χ1v) is 6.13. The van der Waals surface area contributed by atoms with Gasteiger partial charge in [-0.3, -0.25) is 0 Å². The summed E-state index contributed by atoms with van der Waals surface area (Å²) in [5, 5.41) is 21.2. The zero-order valence-corrected chi connectivity index (χ0v) is 11.2. The maximum absolute atomic E-state index is 13.7. The highest BCUT2D eigenvalue weighted by molar-refractivity contribution is 5.24. The monoisotopic (exact) mass is 255 g/mol. The fourth-order valence-electron chi connectivity index (χ4n) is 1.79. The van der Waals surface area contributed by atoms with Gasteiger partial charge in [-0.25, -0.2) is 4.39 Å². The molecule has 0 saturated heterocycles. The molecule has 0 aliphatic heterocycles. The normalized spacial score (nSPS) is 13.7. The van der Waals surface area contributed by atoms with E-state index in [9.17, 15) is 9.50 Å². The average Bonchev–Trinajstić information content (AvgIpc) is 2.30. The van der Waals surface area contributed by atoms with Gasteiger partial charge in [-0.1, -0.05) is 12.1 Å². The number of benzene rings is 1. The smallest absolute Gasteiger partial charge is 0.126 e. The Bertz CT molecular complexity index is 393. The number of rotatable bonds is 6. The fourth-order valence-corrected chi connectivity index (χ4v) is 1.79. The van der Waals surface area contributed by atoms with E-state index >= 15 is 0 Å². The van der Waals surface area contributed by atoms with E-state index in [-0.39, 0.29) is 24.5 Å². The Hall–Kier alpha value is -0.970. The second-order valence-electron chi connectivity index (χ2n) is 5.37. The lowest BCUT2D eigenvalue weighted by molar-refractivity contribution is 0.0877. The van der Waals surface area contributed by atoms with E-state index in [2.05, 4.69) is 5.32 Å². The summed E-state index contributed by atoms with van der Waals surface area (Å²) in [4.78, 5) is 0. The number of nitrogens with one attached hydrogen (secondary N) is 1. The van der Waals surface area contributed by atoms with Crippen LogP contribution in [0.4, 0.5) is 4.39 Å². The first-order valence-electron chi connectivity index (χ1n) is 6.13. The summed E-state index contributed by atoms with van der Waals surface area (Å²) < 4.78 is 13.7. The summed E-state index contributed by atoms with van der Waals surface area (Å²) >= 11 is 0. The van der Waals surface area contributed by atoms with Crippen molar-refractivity contribution in [2.45, 2.75) is 38.8 Å². The molecule has 1 atom stereocenters. The highest BCUT2D eigenvalue weighted by Gasteiger charge is 2.20. The number of aryl methyl sites for hydroxylation is 1. The Balaban J connectivity index is 2.64. The Labute approximate surface area is 108 Å². The van der Waals surface area contributed by atoms with E-state index in [4.69, 9.17) is 5.11 Å². The highest BCUT2D eigenvalue weighted by atomic mass is 19.1. The molecule has 3 nitrogen and oxygen atoms in total. The lowest BCUT2D eigenvalue weighted by atomic mass is 9.94. The molecule has 3 N–H and O–H groups in total. The van der Waals surface area contributed by atoms with Crippen molar-refractivity contribution in [2.75, 3.05) is 13.2 Å². The second kappa shape index (κ2) is 6.27. The molecule has 1 aromatic rings. The molecule has 0 heterocycles. The van der Waals surface area contributed by atoms with Gasteiger partial charge in [-0.2, -0.15) is 0 Å². The molecule has 18 heavy (non-hydrogen) atoms. The molecule has 1 aromatic carbocycles. The fraction of sp³-hybridized carbons (Fsp3) is 0.571. The van der Waals surface area contributed by atoms with Crippen LogP contribution in [0.1, 0.15) is 25.0 Å². The first-order chi connectivity index (χ1) is 8.34. The zero-order chi connectivity index (χ0) is 13.8. The second-order valence-corrected chi connectivity index (χ2v) is 5.37. The highest BCUT2D eigenvalue weighted by Crippen LogP contribution is 2.17. The molecular weight excluding hydrogens is 233 g/mol. The standard InChI is InChI=1S/C14H22FNO2/c1-10-4-5-11(13(15)6-10)7-14(2,3)16-8-12(18)9-17/h4-6,12,16-18H,7-9H2,1-3H3/t12-/m1/s1. The van der Waals surface area contributed by atoms with Gasteiger partial charge in [-0.05, 0) is 44.4 Å². The Morgan fingerprint density at radius 2 is 2.06 bits per heavy atom. The molecule has 0 spiro atoms. The Morgan fingerprint density at radius 1 is 1.39 bits per heavy atom. The molecule has 0 amide bonds. The van der Waals surface area contributed by atoms with Crippen LogP contribution in [0.15, 0.2) is 18.2 Å². The van der Waals surface area contributed by atoms with E-state index in [1.807, 2.05) is 26.8 Å². The predicted molar refractivity (Wildman–Crippen MR) is 70.0 cm³/mol. The van der Waals surface area contributed by atoms with Gasteiger partial charge in [0.2, 0.25) is 0 Å². The minimum Gasteiger partial charge on any atom is -0.394 e. The van der Waals surface area contributed by atoms with Gasteiger partial charge in [0.05, 0.1) is 12.7 Å². The largest absolute Gasteiger partial charge is 0.394 e. The van der Waals surface area contributed by atoms with Crippen molar-refractivity contribution >= 4 is 0 Å². The van der Waals surface area contributed by atoms with E-state index < -0.39 is 6.10 Å². The maximum Gasteiger partial charge on any atom is 0.126 e. The molecule has 102 valence electrons. The quantitative estimate of drug-likeness (QED) is 0.720. The molecule has 1 rings (SSSR count). The molecule has 0 aliphatic carbocycles. The van der Waals surface area contributed by atoms with Crippen molar-refractivity contribution < 1.29 is 14.6 Å². The van der Waals surface area contributed by atoms with E-state index in [0.29, 0.717) is 12.0 Å². The number of hydrogen-bond acceptors (Lipinski definition) is 3. The minimum absolute atomic E-state index is 0.201. The SMILES string of the molecule is Cc1ccc(CC(C)(C)NC[C@@H](O)CO)c(F)c1. The third-order valence-electron chi connectivity index (χ3n) is 2.87. The van der Waals surface area contributed by atoms with Gasteiger partial charge in [0.1, 0.15) is 5.82 Å². The lowest BCUT2D eigenvalue weighted by Crippen LogP contribution is -2.45. The number of aliphatic hydroxyl groups is 2. The van der Waals surface area contributed by atoms with Crippen LogP contribution >= 0.6 is 0 Å². The van der Waals surface area contributed by atoms with E-state index in [1.165, 1.54) is 6.07 Å². The molecule has 0 fully saturated rings. The average molecular weight is 255 g/mol. The molecule has 0 radical (unpaired) electrons. The van der Waals surface area contributed by atoms with Crippen LogP contribution in [-0.4, -0.2) is 35.0 Å². The number of β-amino-alcohol motifs (C(OH)–C–C–N with tert-alkyl or cyclic N) is 1. The Kier molecular flexibility index (Phi) is 5.26. The summed E-state index contributed by atoms with van der Waals surface area (Å²) in [5.74, 6) is -0.201. The van der Waals surface area contributed by atoms with Gasteiger partial charge >= 0.3 is 0 Å². The third-order valence-corrected chi connectivity index (χ3v) is 2.87. The first kappa shape index (κ1) is 15.1. The van der Waals surface area contributed by atoms with Crippen molar-refractivity contribution in [3.63, 3.8) is 0 Å². The van der Waals surface area contributed by atoms with Gasteiger partial charge in [0.25, 0.3) is 0 Å². The van der Waals surface area contributed by atoms with Crippen molar-refractivity contribution in [3.8, 4) is 0 Å². The zero-order valence-electron chi connectivity index (χ0n) is 11.2. The number of halogens is 1. The molecule has 0 bridgehead atoms. The van der Waals surface area contributed by atoms with Crippen LogP contribution < -0.4 is 5.32 Å². The summed E-state index contributed by atoms with van der Waals surface area (Å²) in [6.45, 7) is 5.75. The van der Waals surface area contributed by atoms with Gasteiger partial charge in [0, 0.05) is 12.1 Å². The van der Waals surface area contributed by atoms with Gasteiger partial charge < -0.3 is 15.5 Å². The number of aliphatic hydroxyl groups excluding tert-OH is 2. The van der Waals surface area contributed by atoms with Crippen molar-refractivity contribution in [1.82, 2.24) is 5.32 Å². The van der Waals surface area contributed by atoms with Crippen LogP contribution in [0.5, 0.6) is 0 Å². The molecular formula is C14H22FNO2.